The molecule has 2 aromatic rings. The molecule has 0 aliphatic rings. The Labute approximate surface area is 94.5 Å². The van der Waals surface area contributed by atoms with E-state index in [0.29, 0.717) is 0 Å². The van der Waals surface area contributed by atoms with Crippen LogP contribution >= 0.6 is 12.2 Å². The SMILES string of the molecule is Cc1cc(C)cc(-n2[nH]c(C)cc2=S)c1. The highest BCUT2D eigenvalue weighted by Crippen LogP contribution is 2.14. The Balaban J connectivity index is 2.63. The summed E-state index contributed by atoms with van der Waals surface area (Å²) >= 11 is 5.27. The third kappa shape index (κ3) is 2.02. The number of nitrogens with one attached hydrogen (secondary N) is 1. The summed E-state index contributed by atoms with van der Waals surface area (Å²) in [5.74, 6) is 0. The maximum absolute atomic E-state index is 5.27. The number of nitrogens with zero attached hydrogens (tertiary/aromatic N) is 1. The van der Waals surface area contributed by atoms with Gasteiger partial charge in [0.25, 0.3) is 0 Å². The number of aromatic amines is 1. The summed E-state index contributed by atoms with van der Waals surface area (Å²) in [4.78, 5) is 0. The predicted molar refractivity (Wildman–Crippen MR) is 65.2 cm³/mol. The molecule has 0 amide bonds. The first-order chi connectivity index (χ1) is 7.06. The van der Waals surface area contributed by atoms with E-state index in [2.05, 4.69) is 37.1 Å². The van der Waals surface area contributed by atoms with Crippen LogP contribution in [0, 0.1) is 25.4 Å². The lowest BCUT2D eigenvalue weighted by Gasteiger charge is -2.05. The number of benzene rings is 1. The molecule has 0 fully saturated rings. The van der Waals surface area contributed by atoms with E-state index in [4.69, 9.17) is 12.2 Å². The number of rotatable bonds is 1. The molecule has 0 aliphatic carbocycles. The number of aryl methyl sites for hydroxylation is 3. The second-order valence-corrected chi connectivity index (χ2v) is 4.38. The van der Waals surface area contributed by atoms with E-state index in [9.17, 15) is 0 Å². The minimum Gasteiger partial charge on any atom is -0.297 e. The van der Waals surface area contributed by atoms with E-state index in [1.807, 2.05) is 17.7 Å². The molecule has 1 aromatic heterocycles. The van der Waals surface area contributed by atoms with Gasteiger partial charge in [0, 0.05) is 5.69 Å². The Kier molecular flexibility index (Phi) is 2.49. The zero-order chi connectivity index (χ0) is 11.0. The van der Waals surface area contributed by atoms with E-state index in [1.165, 1.54) is 11.1 Å². The summed E-state index contributed by atoms with van der Waals surface area (Å²) in [6, 6.07) is 8.37. The van der Waals surface area contributed by atoms with E-state index in [0.717, 1.165) is 16.0 Å². The van der Waals surface area contributed by atoms with Gasteiger partial charge in [-0.05, 0) is 50.1 Å². The quantitative estimate of drug-likeness (QED) is 0.727. The van der Waals surface area contributed by atoms with Gasteiger partial charge >= 0.3 is 0 Å². The van der Waals surface area contributed by atoms with Gasteiger partial charge in [-0.2, -0.15) is 0 Å². The number of hydrogen-bond donors (Lipinski definition) is 1. The van der Waals surface area contributed by atoms with Gasteiger partial charge in [0.1, 0.15) is 4.64 Å². The van der Waals surface area contributed by atoms with Crippen LogP contribution in [-0.2, 0) is 0 Å². The van der Waals surface area contributed by atoms with E-state index >= 15 is 0 Å². The first-order valence-electron chi connectivity index (χ1n) is 4.93. The van der Waals surface area contributed by atoms with Gasteiger partial charge in [0.2, 0.25) is 0 Å². The predicted octanol–water partition coefficient (Wildman–Crippen LogP) is 3.46. The Morgan fingerprint density at radius 2 is 1.60 bits per heavy atom. The van der Waals surface area contributed by atoms with Crippen LogP contribution in [0.5, 0.6) is 0 Å². The zero-order valence-electron chi connectivity index (χ0n) is 9.16. The molecule has 0 saturated heterocycles. The average Bonchev–Trinajstić information content (AvgIpc) is 2.43. The van der Waals surface area contributed by atoms with Crippen molar-refractivity contribution < 1.29 is 0 Å². The second-order valence-electron chi connectivity index (χ2n) is 3.96. The molecule has 0 saturated carbocycles. The van der Waals surface area contributed by atoms with E-state index in [-0.39, 0.29) is 0 Å². The fraction of sp³-hybridized carbons (Fsp3) is 0.250. The molecule has 2 nitrogen and oxygen atoms in total. The van der Waals surface area contributed by atoms with Crippen LogP contribution in [0.15, 0.2) is 24.3 Å². The molecule has 1 aromatic carbocycles. The Hall–Kier alpha value is -1.35. The minimum atomic E-state index is 0.817. The van der Waals surface area contributed by atoms with Gasteiger partial charge in [-0.1, -0.05) is 18.3 Å². The van der Waals surface area contributed by atoms with Crippen LogP contribution in [0.25, 0.3) is 5.69 Å². The third-order valence-corrected chi connectivity index (χ3v) is 2.61. The van der Waals surface area contributed by atoms with Crippen molar-refractivity contribution >= 4 is 12.2 Å². The molecule has 0 spiro atoms. The van der Waals surface area contributed by atoms with E-state index in [1.54, 1.807) is 0 Å². The molecule has 0 aliphatic heterocycles. The smallest absolute Gasteiger partial charge is 0.127 e. The molecular formula is C12H14N2S. The number of H-pyrrole nitrogens is 1. The largest absolute Gasteiger partial charge is 0.297 e. The van der Waals surface area contributed by atoms with Crippen molar-refractivity contribution in [3.05, 3.63) is 45.7 Å². The van der Waals surface area contributed by atoms with Gasteiger partial charge in [0.15, 0.2) is 0 Å². The van der Waals surface area contributed by atoms with Crippen molar-refractivity contribution in [2.45, 2.75) is 20.8 Å². The van der Waals surface area contributed by atoms with Crippen molar-refractivity contribution in [3.8, 4) is 5.69 Å². The molecule has 1 heterocycles. The third-order valence-electron chi connectivity index (χ3n) is 2.31. The molecule has 0 radical (unpaired) electrons. The standard InChI is InChI=1S/C12H14N2S/c1-8-4-9(2)6-11(5-8)14-12(15)7-10(3)13-14/h4-7,13H,1-3H3. The van der Waals surface area contributed by atoms with Crippen molar-refractivity contribution in [1.29, 1.82) is 0 Å². The van der Waals surface area contributed by atoms with Gasteiger partial charge < -0.3 is 0 Å². The first-order valence-corrected chi connectivity index (χ1v) is 5.34. The topological polar surface area (TPSA) is 20.7 Å². The van der Waals surface area contributed by atoms with Gasteiger partial charge in [0.05, 0.1) is 5.69 Å². The zero-order valence-corrected chi connectivity index (χ0v) is 9.98. The highest BCUT2D eigenvalue weighted by atomic mass is 32.1. The molecule has 0 bridgehead atoms. The number of hydrogen-bond acceptors (Lipinski definition) is 1. The molecule has 15 heavy (non-hydrogen) atoms. The fourth-order valence-corrected chi connectivity index (χ4v) is 2.11. The fourth-order valence-electron chi connectivity index (χ4n) is 1.79. The lowest BCUT2D eigenvalue weighted by molar-refractivity contribution is 0.850. The lowest BCUT2D eigenvalue weighted by Crippen LogP contribution is -1.97. The Morgan fingerprint density at radius 1 is 1.00 bits per heavy atom. The summed E-state index contributed by atoms with van der Waals surface area (Å²) in [6.45, 7) is 6.20. The Bertz CT molecular complexity index is 529. The maximum Gasteiger partial charge on any atom is 0.127 e. The minimum absolute atomic E-state index is 0.817. The summed E-state index contributed by atoms with van der Waals surface area (Å²) in [6.07, 6.45) is 0. The first kappa shape index (κ1) is 10.2. The van der Waals surface area contributed by atoms with Crippen LogP contribution in [0.1, 0.15) is 16.8 Å². The molecule has 1 N–H and O–H groups in total. The van der Waals surface area contributed by atoms with Crippen LogP contribution < -0.4 is 0 Å². The van der Waals surface area contributed by atoms with Crippen molar-refractivity contribution in [3.63, 3.8) is 0 Å². The van der Waals surface area contributed by atoms with E-state index < -0.39 is 0 Å². The highest BCUT2D eigenvalue weighted by Gasteiger charge is 2.01. The lowest BCUT2D eigenvalue weighted by atomic mass is 10.1. The molecule has 2 rings (SSSR count). The molecule has 0 unspecified atom stereocenters. The number of aromatic nitrogens is 2. The molecule has 78 valence electrons. The monoisotopic (exact) mass is 218 g/mol. The molecule has 0 atom stereocenters. The molecular weight excluding hydrogens is 204 g/mol. The highest BCUT2D eigenvalue weighted by molar-refractivity contribution is 7.71. The summed E-state index contributed by atoms with van der Waals surface area (Å²) in [5.41, 5.74) is 4.68. The molecule has 3 heteroatoms. The van der Waals surface area contributed by atoms with Crippen molar-refractivity contribution in [2.75, 3.05) is 0 Å². The van der Waals surface area contributed by atoms with Crippen LogP contribution in [0.3, 0.4) is 0 Å². The normalized spacial score (nSPS) is 10.6. The van der Waals surface area contributed by atoms with Crippen LogP contribution in [0.4, 0.5) is 0 Å². The van der Waals surface area contributed by atoms with Gasteiger partial charge in [-0.3, -0.25) is 5.10 Å². The Morgan fingerprint density at radius 3 is 2.07 bits per heavy atom. The van der Waals surface area contributed by atoms with Gasteiger partial charge in [-0.15, -0.1) is 0 Å². The maximum atomic E-state index is 5.27. The summed E-state index contributed by atoms with van der Waals surface area (Å²) in [7, 11) is 0. The van der Waals surface area contributed by atoms with Gasteiger partial charge in [-0.25, -0.2) is 4.68 Å². The summed E-state index contributed by atoms with van der Waals surface area (Å²) in [5, 5.41) is 3.23. The van der Waals surface area contributed by atoms with Crippen LogP contribution in [-0.4, -0.2) is 9.78 Å². The summed E-state index contributed by atoms with van der Waals surface area (Å²) < 4.78 is 2.75. The van der Waals surface area contributed by atoms with Crippen molar-refractivity contribution in [2.24, 2.45) is 0 Å². The van der Waals surface area contributed by atoms with Crippen LogP contribution in [0.2, 0.25) is 0 Å². The second kappa shape index (κ2) is 3.66. The van der Waals surface area contributed by atoms with Crippen molar-refractivity contribution in [1.82, 2.24) is 9.78 Å². The average molecular weight is 218 g/mol.